The molecule has 0 fully saturated rings. The van der Waals surface area contributed by atoms with E-state index in [1.165, 1.54) is 6.08 Å². The second kappa shape index (κ2) is 4.67. The van der Waals surface area contributed by atoms with Crippen molar-refractivity contribution in [3.8, 4) is 0 Å². The molecule has 0 aromatic heterocycles. The minimum absolute atomic E-state index is 0.0136. The maximum Gasteiger partial charge on any atom is 0.311 e. The van der Waals surface area contributed by atoms with E-state index >= 15 is 0 Å². The Labute approximate surface area is 71.3 Å². The van der Waals surface area contributed by atoms with Crippen molar-refractivity contribution in [3.05, 3.63) is 0 Å². The quantitative estimate of drug-likeness (QED) is 0.499. The minimum Gasteiger partial charge on any atom is -0.481 e. The van der Waals surface area contributed by atoms with Gasteiger partial charge in [0.2, 0.25) is 6.08 Å². The SMILES string of the molecule is CCCC(C)(CN=C=O)C(=O)O. The van der Waals surface area contributed by atoms with Gasteiger partial charge in [-0.3, -0.25) is 4.79 Å². The largest absolute Gasteiger partial charge is 0.481 e. The Balaban J connectivity index is 4.37. The van der Waals surface area contributed by atoms with E-state index in [-0.39, 0.29) is 6.54 Å². The summed E-state index contributed by atoms with van der Waals surface area (Å²) >= 11 is 0. The maximum absolute atomic E-state index is 10.7. The number of aliphatic imine (C=N–C) groups is 1. The molecule has 68 valence electrons. The Morgan fingerprint density at radius 2 is 2.25 bits per heavy atom. The molecule has 0 aliphatic carbocycles. The van der Waals surface area contributed by atoms with Crippen molar-refractivity contribution in [2.75, 3.05) is 6.54 Å². The van der Waals surface area contributed by atoms with Crippen molar-refractivity contribution < 1.29 is 14.7 Å². The summed E-state index contributed by atoms with van der Waals surface area (Å²) < 4.78 is 0. The van der Waals surface area contributed by atoms with Gasteiger partial charge in [0.1, 0.15) is 0 Å². The number of rotatable bonds is 5. The Bertz CT molecular complexity index is 208. The number of isocyanates is 1. The topological polar surface area (TPSA) is 66.7 Å². The van der Waals surface area contributed by atoms with E-state index in [1.807, 2.05) is 6.92 Å². The number of aliphatic carboxylic acids is 1. The van der Waals surface area contributed by atoms with Crippen LogP contribution in [0.1, 0.15) is 26.7 Å². The third-order valence-corrected chi connectivity index (χ3v) is 1.81. The van der Waals surface area contributed by atoms with Gasteiger partial charge >= 0.3 is 5.97 Å². The summed E-state index contributed by atoms with van der Waals surface area (Å²) in [5.74, 6) is -0.914. The number of carboxylic acids is 1. The molecule has 4 heteroatoms. The van der Waals surface area contributed by atoms with Crippen LogP contribution in [0.2, 0.25) is 0 Å². The minimum atomic E-state index is -0.914. The van der Waals surface area contributed by atoms with Crippen molar-refractivity contribution in [3.63, 3.8) is 0 Å². The number of nitrogens with zero attached hydrogens (tertiary/aromatic N) is 1. The van der Waals surface area contributed by atoms with Gasteiger partial charge in [0.25, 0.3) is 0 Å². The van der Waals surface area contributed by atoms with Gasteiger partial charge in [-0.1, -0.05) is 13.3 Å². The van der Waals surface area contributed by atoms with E-state index in [0.29, 0.717) is 6.42 Å². The monoisotopic (exact) mass is 171 g/mol. The van der Waals surface area contributed by atoms with Crippen molar-refractivity contribution in [1.82, 2.24) is 0 Å². The van der Waals surface area contributed by atoms with Crippen LogP contribution in [0.15, 0.2) is 4.99 Å². The molecule has 0 aliphatic rings. The lowest BCUT2D eigenvalue weighted by molar-refractivity contribution is -0.147. The Kier molecular flexibility index (Phi) is 4.22. The average Bonchev–Trinajstić information content (AvgIpc) is 2.01. The van der Waals surface area contributed by atoms with Gasteiger partial charge in [-0.05, 0) is 13.3 Å². The van der Waals surface area contributed by atoms with Crippen LogP contribution in [0, 0.1) is 5.41 Å². The highest BCUT2D eigenvalue weighted by atomic mass is 16.4. The van der Waals surface area contributed by atoms with Crippen molar-refractivity contribution in [2.24, 2.45) is 10.4 Å². The number of hydrogen-bond donors (Lipinski definition) is 1. The molecule has 0 radical (unpaired) electrons. The lowest BCUT2D eigenvalue weighted by Gasteiger charge is -2.20. The van der Waals surface area contributed by atoms with Gasteiger partial charge in [-0.15, -0.1) is 0 Å². The third kappa shape index (κ3) is 2.84. The number of carbonyl (C=O) groups is 1. The molecule has 0 aromatic carbocycles. The maximum atomic E-state index is 10.7. The molecule has 0 amide bonds. The first-order chi connectivity index (χ1) is 5.56. The lowest BCUT2D eigenvalue weighted by atomic mass is 9.86. The van der Waals surface area contributed by atoms with E-state index in [4.69, 9.17) is 5.11 Å². The highest BCUT2D eigenvalue weighted by Gasteiger charge is 2.31. The summed E-state index contributed by atoms with van der Waals surface area (Å²) in [5, 5.41) is 8.80. The zero-order valence-electron chi connectivity index (χ0n) is 7.33. The molecule has 0 spiro atoms. The Morgan fingerprint density at radius 3 is 2.58 bits per heavy atom. The summed E-state index contributed by atoms with van der Waals surface area (Å²) in [4.78, 5) is 23.8. The molecule has 4 nitrogen and oxygen atoms in total. The van der Waals surface area contributed by atoms with E-state index in [2.05, 4.69) is 4.99 Å². The summed E-state index contributed by atoms with van der Waals surface area (Å²) in [7, 11) is 0. The number of carboxylic acid groups (broad SMARTS) is 1. The highest BCUT2D eigenvalue weighted by molar-refractivity contribution is 5.74. The fraction of sp³-hybridized carbons (Fsp3) is 0.750. The van der Waals surface area contributed by atoms with Gasteiger partial charge in [0.05, 0.1) is 12.0 Å². The second-order valence-corrected chi connectivity index (χ2v) is 3.02. The molecule has 0 rings (SSSR count). The van der Waals surface area contributed by atoms with E-state index in [9.17, 15) is 9.59 Å². The molecule has 0 saturated heterocycles. The predicted octanol–water partition coefficient (Wildman–Crippen LogP) is 1.21. The van der Waals surface area contributed by atoms with Crippen LogP contribution in [0.3, 0.4) is 0 Å². The van der Waals surface area contributed by atoms with Crippen molar-refractivity contribution in [2.45, 2.75) is 26.7 Å². The summed E-state index contributed by atoms with van der Waals surface area (Å²) in [6, 6.07) is 0. The average molecular weight is 171 g/mol. The van der Waals surface area contributed by atoms with Crippen LogP contribution < -0.4 is 0 Å². The Hall–Kier alpha value is -1.15. The second-order valence-electron chi connectivity index (χ2n) is 3.02. The van der Waals surface area contributed by atoms with Gasteiger partial charge in [0, 0.05) is 0 Å². The van der Waals surface area contributed by atoms with Crippen LogP contribution in [0.25, 0.3) is 0 Å². The van der Waals surface area contributed by atoms with Crippen LogP contribution in [0.5, 0.6) is 0 Å². The Morgan fingerprint density at radius 1 is 1.67 bits per heavy atom. The van der Waals surface area contributed by atoms with E-state index in [1.54, 1.807) is 6.92 Å². The summed E-state index contributed by atoms with van der Waals surface area (Å²) in [5.41, 5.74) is -0.911. The highest BCUT2D eigenvalue weighted by Crippen LogP contribution is 2.23. The number of carbonyl (C=O) groups excluding carboxylic acids is 1. The van der Waals surface area contributed by atoms with Crippen molar-refractivity contribution >= 4 is 12.0 Å². The molecule has 0 heterocycles. The van der Waals surface area contributed by atoms with Gasteiger partial charge < -0.3 is 5.11 Å². The number of hydrogen-bond acceptors (Lipinski definition) is 3. The molecule has 0 bridgehead atoms. The first kappa shape index (κ1) is 10.8. The van der Waals surface area contributed by atoms with Gasteiger partial charge in [-0.25, -0.2) is 9.79 Å². The molecular formula is C8H13NO3. The van der Waals surface area contributed by atoms with E-state index < -0.39 is 11.4 Å². The van der Waals surface area contributed by atoms with Gasteiger partial charge in [-0.2, -0.15) is 0 Å². The smallest absolute Gasteiger partial charge is 0.311 e. The summed E-state index contributed by atoms with van der Waals surface area (Å²) in [6.45, 7) is 3.49. The third-order valence-electron chi connectivity index (χ3n) is 1.81. The van der Waals surface area contributed by atoms with Crippen LogP contribution in [0.4, 0.5) is 0 Å². The van der Waals surface area contributed by atoms with Crippen LogP contribution >= 0.6 is 0 Å². The zero-order valence-corrected chi connectivity index (χ0v) is 7.33. The molecular weight excluding hydrogens is 158 g/mol. The summed E-state index contributed by atoms with van der Waals surface area (Å²) in [6.07, 6.45) is 2.63. The molecule has 1 atom stereocenters. The zero-order chi connectivity index (χ0) is 9.61. The lowest BCUT2D eigenvalue weighted by Crippen LogP contribution is -2.30. The van der Waals surface area contributed by atoms with Gasteiger partial charge in [0.15, 0.2) is 0 Å². The molecule has 0 saturated carbocycles. The van der Waals surface area contributed by atoms with Crippen LogP contribution in [-0.2, 0) is 9.59 Å². The molecule has 12 heavy (non-hydrogen) atoms. The fourth-order valence-corrected chi connectivity index (χ4v) is 1.01. The molecule has 1 unspecified atom stereocenters. The van der Waals surface area contributed by atoms with Crippen molar-refractivity contribution in [1.29, 1.82) is 0 Å². The molecule has 0 aliphatic heterocycles. The first-order valence-corrected chi connectivity index (χ1v) is 3.84. The first-order valence-electron chi connectivity index (χ1n) is 3.84. The normalized spacial score (nSPS) is 14.5. The van der Waals surface area contributed by atoms with E-state index in [0.717, 1.165) is 6.42 Å². The predicted molar refractivity (Wildman–Crippen MR) is 43.6 cm³/mol. The molecule has 0 aromatic rings. The standard InChI is InChI=1S/C8H13NO3/c1-3-4-8(2,7(11)12)5-9-6-10/h3-5H2,1-2H3,(H,11,12). The molecule has 1 N–H and O–H groups in total. The van der Waals surface area contributed by atoms with Crippen LogP contribution in [-0.4, -0.2) is 23.7 Å². The fourth-order valence-electron chi connectivity index (χ4n) is 1.01.